The Kier molecular flexibility index (Phi) is 3.98. The van der Waals surface area contributed by atoms with Gasteiger partial charge in [0.25, 0.3) is 0 Å². The van der Waals surface area contributed by atoms with Crippen LogP contribution in [-0.2, 0) is 4.74 Å². The van der Waals surface area contributed by atoms with E-state index >= 15 is 0 Å². The zero-order chi connectivity index (χ0) is 12.1. The summed E-state index contributed by atoms with van der Waals surface area (Å²) in [5.74, 6) is 1.25. The Morgan fingerprint density at radius 2 is 2.35 bits per heavy atom. The van der Waals surface area contributed by atoms with Crippen LogP contribution in [0.1, 0.15) is 23.2 Å². The van der Waals surface area contributed by atoms with Crippen LogP contribution in [0.2, 0.25) is 0 Å². The number of ether oxygens (including phenoxy) is 3. The van der Waals surface area contributed by atoms with E-state index in [-0.39, 0.29) is 6.10 Å². The molecule has 1 aliphatic heterocycles. The fraction of sp³-hybridized carbons (Fsp3) is 0.462. The van der Waals surface area contributed by atoms with Gasteiger partial charge in [0.15, 0.2) is 6.29 Å². The van der Waals surface area contributed by atoms with Crippen molar-refractivity contribution in [3.63, 3.8) is 0 Å². The topological polar surface area (TPSA) is 44.8 Å². The van der Waals surface area contributed by atoms with Gasteiger partial charge in [-0.3, -0.25) is 4.79 Å². The summed E-state index contributed by atoms with van der Waals surface area (Å²) in [6, 6.07) is 5.18. The second-order valence-electron chi connectivity index (χ2n) is 3.98. The highest BCUT2D eigenvalue weighted by Gasteiger charge is 2.17. The predicted octanol–water partition coefficient (Wildman–Crippen LogP) is 2.07. The number of carbonyl (C=O) groups is 1. The molecule has 1 aliphatic rings. The van der Waals surface area contributed by atoms with Crippen molar-refractivity contribution in [2.24, 2.45) is 0 Å². The van der Waals surface area contributed by atoms with Crippen molar-refractivity contribution in [3.05, 3.63) is 23.8 Å². The molecule has 0 N–H and O–H groups in total. The lowest BCUT2D eigenvalue weighted by molar-refractivity contribution is 0.00712. The molecule has 1 unspecified atom stereocenters. The summed E-state index contributed by atoms with van der Waals surface area (Å²) in [6.07, 6.45) is 2.76. The van der Waals surface area contributed by atoms with Crippen molar-refractivity contribution in [2.45, 2.75) is 18.9 Å². The summed E-state index contributed by atoms with van der Waals surface area (Å²) in [4.78, 5) is 10.9. The maximum atomic E-state index is 10.9. The Bertz CT molecular complexity index is 383. The largest absolute Gasteiger partial charge is 0.497 e. The van der Waals surface area contributed by atoms with Gasteiger partial charge in [0.1, 0.15) is 17.6 Å². The maximum Gasteiger partial charge on any atom is 0.153 e. The zero-order valence-electron chi connectivity index (χ0n) is 9.85. The molecule has 92 valence electrons. The Morgan fingerprint density at radius 3 is 3.00 bits per heavy atom. The summed E-state index contributed by atoms with van der Waals surface area (Å²) < 4.78 is 16.2. The Labute approximate surface area is 100 Å². The number of carbonyl (C=O) groups excluding carboxylic acids is 1. The van der Waals surface area contributed by atoms with E-state index in [0.717, 1.165) is 25.7 Å². The van der Waals surface area contributed by atoms with Crippen molar-refractivity contribution in [1.82, 2.24) is 0 Å². The van der Waals surface area contributed by atoms with Crippen molar-refractivity contribution in [3.8, 4) is 11.5 Å². The van der Waals surface area contributed by atoms with Crippen LogP contribution in [0, 0.1) is 0 Å². The van der Waals surface area contributed by atoms with E-state index in [1.54, 1.807) is 25.3 Å². The molecule has 1 heterocycles. The van der Waals surface area contributed by atoms with E-state index in [1.165, 1.54) is 0 Å². The van der Waals surface area contributed by atoms with Crippen LogP contribution in [0.15, 0.2) is 18.2 Å². The van der Waals surface area contributed by atoms with Crippen LogP contribution in [-0.4, -0.2) is 32.7 Å². The normalized spacial score (nSPS) is 19.7. The smallest absolute Gasteiger partial charge is 0.153 e. The summed E-state index contributed by atoms with van der Waals surface area (Å²) in [7, 11) is 1.59. The van der Waals surface area contributed by atoms with Gasteiger partial charge in [-0.2, -0.15) is 0 Å². The Morgan fingerprint density at radius 1 is 1.47 bits per heavy atom. The van der Waals surface area contributed by atoms with Crippen LogP contribution >= 0.6 is 0 Å². The van der Waals surface area contributed by atoms with Gasteiger partial charge in [0, 0.05) is 12.7 Å². The van der Waals surface area contributed by atoms with E-state index in [1.807, 2.05) is 0 Å². The average Bonchev–Trinajstić information content (AvgIpc) is 2.40. The first kappa shape index (κ1) is 11.9. The van der Waals surface area contributed by atoms with Gasteiger partial charge in [0.2, 0.25) is 0 Å². The molecular weight excluding hydrogens is 220 g/mol. The molecule has 2 rings (SSSR count). The summed E-state index contributed by atoms with van der Waals surface area (Å²) in [6.45, 7) is 1.37. The van der Waals surface area contributed by atoms with Gasteiger partial charge < -0.3 is 14.2 Å². The molecule has 1 saturated heterocycles. The monoisotopic (exact) mass is 236 g/mol. The lowest BCUT2D eigenvalue weighted by atomic mass is 10.1. The minimum absolute atomic E-state index is 0.0227. The Hall–Kier alpha value is -1.55. The van der Waals surface area contributed by atoms with Gasteiger partial charge in [-0.15, -0.1) is 0 Å². The first-order valence-electron chi connectivity index (χ1n) is 5.71. The average molecular weight is 236 g/mol. The molecule has 0 aromatic heterocycles. The third-order valence-electron chi connectivity index (χ3n) is 2.76. The van der Waals surface area contributed by atoms with Crippen molar-refractivity contribution in [1.29, 1.82) is 0 Å². The van der Waals surface area contributed by atoms with E-state index < -0.39 is 0 Å². The summed E-state index contributed by atoms with van der Waals surface area (Å²) in [5, 5.41) is 0. The fourth-order valence-electron chi connectivity index (χ4n) is 1.82. The molecule has 17 heavy (non-hydrogen) atoms. The standard InChI is InChI=1S/C13H16O4/c1-15-11-5-4-10(8-14)13(7-11)17-12-3-2-6-16-9-12/h4-5,7-8,12H,2-3,6,9H2,1H3. The van der Waals surface area contributed by atoms with Crippen LogP contribution in [0.5, 0.6) is 11.5 Å². The molecule has 4 heteroatoms. The van der Waals surface area contributed by atoms with E-state index in [0.29, 0.717) is 23.7 Å². The third-order valence-corrected chi connectivity index (χ3v) is 2.76. The van der Waals surface area contributed by atoms with Crippen molar-refractivity contribution in [2.75, 3.05) is 20.3 Å². The zero-order valence-corrected chi connectivity index (χ0v) is 9.85. The fourth-order valence-corrected chi connectivity index (χ4v) is 1.82. The second-order valence-corrected chi connectivity index (χ2v) is 3.98. The van der Waals surface area contributed by atoms with Gasteiger partial charge in [0.05, 0.1) is 19.3 Å². The van der Waals surface area contributed by atoms with Crippen LogP contribution < -0.4 is 9.47 Å². The molecule has 4 nitrogen and oxygen atoms in total. The van der Waals surface area contributed by atoms with Gasteiger partial charge in [-0.05, 0) is 25.0 Å². The Balaban J connectivity index is 2.14. The van der Waals surface area contributed by atoms with Crippen LogP contribution in [0.3, 0.4) is 0 Å². The summed E-state index contributed by atoms with van der Waals surface area (Å²) in [5.41, 5.74) is 0.538. The first-order chi connectivity index (χ1) is 8.33. The van der Waals surface area contributed by atoms with E-state index in [2.05, 4.69) is 0 Å². The number of hydrogen-bond donors (Lipinski definition) is 0. The minimum atomic E-state index is 0.0227. The number of rotatable bonds is 4. The number of hydrogen-bond acceptors (Lipinski definition) is 4. The molecule has 0 aliphatic carbocycles. The highest BCUT2D eigenvalue weighted by atomic mass is 16.5. The third kappa shape index (κ3) is 2.97. The molecule has 0 spiro atoms. The molecule has 0 saturated carbocycles. The minimum Gasteiger partial charge on any atom is -0.497 e. The van der Waals surface area contributed by atoms with Crippen molar-refractivity contribution < 1.29 is 19.0 Å². The SMILES string of the molecule is COc1ccc(C=O)c(OC2CCCOC2)c1. The molecule has 0 radical (unpaired) electrons. The molecule has 1 fully saturated rings. The lowest BCUT2D eigenvalue weighted by Gasteiger charge is -2.24. The van der Waals surface area contributed by atoms with E-state index in [4.69, 9.17) is 14.2 Å². The molecule has 0 bridgehead atoms. The molecular formula is C13H16O4. The summed E-state index contributed by atoms with van der Waals surface area (Å²) >= 11 is 0. The van der Waals surface area contributed by atoms with Crippen LogP contribution in [0.4, 0.5) is 0 Å². The highest BCUT2D eigenvalue weighted by Crippen LogP contribution is 2.26. The van der Waals surface area contributed by atoms with Crippen molar-refractivity contribution >= 4 is 6.29 Å². The molecule has 1 atom stereocenters. The quantitative estimate of drug-likeness (QED) is 0.751. The van der Waals surface area contributed by atoms with E-state index in [9.17, 15) is 4.79 Å². The molecule has 0 amide bonds. The van der Waals surface area contributed by atoms with Gasteiger partial charge in [-0.25, -0.2) is 0 Å². The predicted molar refractivity (Wildman–Crippen MR) is 62.9 cm³/mol. The molecule has 1 aromatic rings. The number of aldehydes is 1. The van der Waals surface area contributed by atoms with Gasteiger partial charge in [-0.1, -0.05) is 0 Å². The van der Waals surface area contributed by atoms with Gasteiger partial charge >= 0.3 is 0 Å². The highest BCUT2D eigenvalue weighted by molar-refractivity contribution is 5.79. The van der Waals surface area contributed by atoms with Crippen LogP contribution in [0.25, 0.3) is 0 Å². The number of methoxy groups -OCH3 is 1. The maximum absolute atomic E-state index is 10.9. The first-order valence-corrected chi connectivity index (χ1v) is 5.71. The lowest BCUT2D eigenvalue weighted by Crippen LogP contribution is -2.28. The molecule has 1 aromatic carbocycles. The number of benzene rings is 1. The second kappa shape index (κ2) is 5.68.